The quantitative estimate of drug-likeness (QED) is 0.624. The fourth-order valence-electron chi connectivity index (χ4n) is 3.19. The van der Waals surface area contributed by atoms with Crippen molar-refractivity contribution in [3.63, 3.8) is 0 Å². The van der Waals surface area contributed by atoms with Crippen LogP contribution in [0.1, 0.15) is 12.5 Å². The molecule has 1 aromatic heterocycles. The zero-order chi connectivity index (χ0) is 22.0. The summed E-state index contributed by atoms with van der Waals surface area (Å²) in [5, 5.41) is 3.60. The normalized spacial score (nSPS) is 13.2. The second-order valence-electron chi connectivity index (χ2n) is 6.92. The van der Waals surface area contributed by atoms with Crippen molar-refractivity contribution in [3.05, 3.63) is 77.3 Å². The van der Waals surface area contributed by atoms with E-state index in [0.29, 0.717) is 11.4 Å². The molecule has 0 atom stereocenters. The van der Waals surface area contributed by atoms with E-state index in [-0.39, 0.29) is 15.8 Å². The molecule has 1 amide bonds. The number of benzene rings is 2. The molecule has 0 unspecified atom stereocenters. The maximum atomic E-state index is 13.0. The van der Waals surface area contributed by atoms with Crippen molar-refractivity contribution in [2.75, 3.05) is 7.11 Å². The number of fused-ring (bicyclic) bond motifs is 1. The van der Waals surface area contributed by atoms with Gasteiger partial charge in [-0.1, -0.05) is 30.0 Å². The van der Waals surface area contributed by atoms with Crippen molar-refractivity contribution in [2.24, 2.45) is 0 Å². The Balaban J connectivity index is 1.65. The lowest BCUT2D eigenvalue weighted by molar-refractivity contribution is -0.118. The van der Waals surface area contributed by atoms with Gasteiger partial charge in [0.2, 0.25) is 15.7 Å². The molecule has 1 aliphatic heterocycles. The largest absolute Gasteiger partial charge is 0.497 e. The SMILES string of the molecule is COc1ccc(S(=O)(=O)c2cccc(-c3ccc4c(c3)SC(NC(C)=O)=CC4)n2)cc1. The van der Waals surface area contributed by atoms with Gasteiger partial charge in [-0.15, -0.1) is 0 Å². The number of methoxy groups -OCH3 is 1. The van der Waals surface area contributed by atoms with Crippen LogP contribution in [0.5, 0.6) is 5.75 Å². The molecule has 3 aromatic rings. The van der Waals surface area contributed by atoms with E-state index < -0.39 is 9.84 Å². The molecule has 0 aliphatic carbocycles. The Morgan fingerprint density at radius 2 is 1.87 bits per heavy atom. The summed E-state index contributed by atoms with van der Waals surface area (Å²) in [7, 11) is -2.23. The average molecular weight is 453 g/mol. The molecule has 31 heavy (non-hydrogen) atoms. The number of hydrogen-bond donors (Lipinski definition) is 1. The fourth-order valence-corrected chi connectivity index (χ4v) is 5.47. The number of amides is 1. The van der Waals surface area contributed by atoms with Gasteiger partial charge in [0.25, 0.3) is 0 Å². The molecule has 2 aromatic carbocycles. The number of allylic oxidation sites excluding steroid dienone is 1. The lowest BCUT2D eigenvalue weighted by atomic mass is 10.1. The first-order valence-electron chi connectivity index (χ1n) is 9.52. The number of ether oxygens (including phenoxy) is 1. The summed E-state index contributed by atoms with van der Waals surface area (Å²) >= 11 is 1.48. The van der Waals surface area contributed by atoms with Crippen LogP contribution >= 0.6 is 11.8 Å². The minimum absolute atomic E-state index is 0.0145. The molecule has 158 valence electrons. The van der Waals surface area contributed by atoms with Gasteiger partial charge in [0.1, 0.15) is 5.75 Å². The number of sulfone groups is 1. The number of nitrogens with one attached hydrogen (secondary N) is 1. The molecule has 0 radical (unpaired) electrons. The number of hydrogen-bond acceptors (Lipinski definition) is 6. The van der Waals surface area contributed by atoms with Gasteiger partial charge < -0.3 is 10.1 Å². The molecule has 0 bridgehead atoms. The van der Waals surface area contributed by atoms with Gasteiger partial charge in [-0.25, -0.2) is 13.4 Å². The predicted molar refractivity (Wildman–Crippen MR) is 120 cm³/mol. The van der Waals surface area contributed by atoms with E-state index >= 15 is 0 Å². The molecule has 0 saturated heterocycles. The fraction of sp³-hybridized carbons (Fsp3) is 0.130. The predicted octanol–water partition coefficient (Wildman–Crippen LogP) is 4.22. The van der Waals surface area contributed by atoms with Crippen LogP contribution in [0.2, 0.25) is 0 Å². The lowest BCUT2D eigenvalue weighted by Crippen LogP contribution is -2.18. The standard InChI is InChI=1S/C23H20N2O4S2/c1-15(26)24-22-13-8-16-6-7-17(14-21(16)30-22)20-4-3-5-23(25-20)31(27,28)19-11-9-18(29-2)10-12-19/h3-7,9-14H,8H2,1-2H3,(H,24,26). The van der Waals surface area contributed by atoms with Crippen molar-refractivity contribution in [1.82, 2.24) is 10.3 Å². The van der Waals surface area contributed by atoms with Crippen LogP contribution in [0, 0.1) is 0 Å². The van der Waals surface area contributed by atoms with Gasteiger partial charge in [-0.05, 0) is 60.5 Å². The first-order valence-corrected chi connectivity index (χ1v) is 11.8. The van der Waals surface area contributed by atoms with Gasteiger partial charge in [0, 0.05) is 17.4 Å². The van der Waals surface area contributed by atoms with E-state index in [1.54, 1.807) is 24.3 Å². The highest BCUT2D eigenvalue weighted by Gasteiger charge is 2.20. The summed E-state index contributed by atoms with van der Waals surface area (Å²) in [5.41, 5.74) is 2.51. The second kappa shape index (κ2) is 8.56. The molecular formula is C23H20N2O4S2. The molecule has 6 nitrogen and oxygen atoms in total. The van der Waals surface area contributed by atoms with E-state index in [4.69, 9.17) is 4.74 Å². The maximum absolute atomic E-state index is 13.0. The van der Waals surface area contributed by atoms with Crippen molar-refractivity contribution in [3.8, 4) is 17.0 Å². The number of rotatable bonds is 5. The lowest BCUT2D eigenvalue weighted by Gasteiger charge is -2.17. The highest BCUT2D eigenvalue weighted by molar-refractivity contribution is 8.03. The monoisotopic (exact) mass is 452 g/mol. The Morgan fingerprint density at radius 1 is 1.10 bits per heavy atom. The van der Waals surface area contributed by atoms with E-state index in [1.165, 1.54) is 44.0 Å². The molecule has 0 spiro atoms. The van der Waals surface area contributed by atoms with Crippen LogP contribution in [-0.2, 0) is 21.1 Å². The Hall–Kier alpha value is -3.10. The van der Waals surface area contributed by atoms with E-state index in [2.05, 4.69) is 10.3 Å². The molecule has 8 heteroatoms. The average Bonchev–Trinajstić information content (AvgIpc) is 2.78. The van der Waals surface area contributed by atoms with Crippen molar-refractivity contribution in [1.29, 1.82) is 0 Å². The van der Waals surface area contributed by atoms with Gasteiger partial charge in [0.15, 0.2) is 5.03 Å². The number of aromatic nitrogens is 1. The topological polar surface area (TPSA) is 85.4 Å². The molecule has 0 saturated carbocycles. The summed E-state index contributed by atoms with van der Waals surface area (Å²) in [6.45, 7) is 1.48. The minimum Gasteiger partial charge on any atom is -0.497 e. The minimum atomic E-state index is -3.76. The summed E-state index contributed by atoms with van der Waals surface area (Å²) in [6.07, 6.45) is 2.70. The number of carbonyl (C=O) groups is 1. The van der Waals surface area contributed by atoms with Crippen LogP contribution in [0.15, 0.2) is 86.6 Å². The maximum Gasteiger partial charge on any atom is 0.223 e. The van der Waals surface area contributed by atoms with Gasteiger partial charge in [-0.3, -0.25) is 4.79 Å². The van der Waals surface area contributed by atoms with Crippen LogP contribution < -0.4 is 10.1 Å². The molecule has 2 heterocycles. The van der Waals surface area contributed by atoms with E-state index in [9.17, 15) is 13.2 Å². The van der Waals surface area contributed by atoms with Crippen LogP contribution in [-0.4, -0.2) is 26.4 Å². The molecule has 4 rings (SSSR count). The zero-order valence-corrected chi connectivity index (χ0v) is 18.6. The van der Waals surface area contributed by atoms with Crippen LogP contribution in [0.4, 0.5) is 0 Å². The smallest absolute Gasteiger partial charge is 0.223 e. The molecule has 1 N–H and O–H groups in total. The Kier molecular flexibility index (Phi) is 5.84. The molecular weight excluding hydrogens is 432 g/mol. The zero-order valence-electron chi connectivity index (χ0n) is 17.0. The summed E-state index contributed by atoms with van der Waals surface area (Å²) in [4.78, 5) is 17.0. The van der Waals surface area contributed by atoms with Gasteiger partial charge in [-0.2, -0.15) is 0 Å². The third kappa shape index (κ3) is 4.50. The number of carbonyl (C=O) groups excluding carboxylic acids is 1. The number of nitrogens with zero attached hydrogens (tertiary/aromatic N) is 1. The third-order valence-electron chi connectivity index (χ3n) is 4.76. The first kappa shape index (κ1) is 21.1. The Labute approximate surface area is 185 Å². The Bertz CT molecular complexity index is 1280. The summed E-state index contributed by atoms with van der Waals surface area (Å²) in [6, 6.07) is 17.1. The third-order valence-corrected chi connectivity index (χ3v) is 7.52. The van der Waals surface area contributed by atoms with Crippen LogP contribution in [0.25, 0.3) is 11.3 Å². The van der Waals surface area contributed by atoms with Gasteiger partial charge >= 0.3 is 0 Å². The second-order valence-corrected chi connectivity index (χ2v) is 9.90. The summed E-state index contributed by atoms with van der Waals surface area (Å²) in [5.74, 6) is 0.469. The summed E-state index contributed by atoms with van der Waals surface area (Å²) < 4.78 is 31.2. The van der Waals surface area contributed by atoms with Crippen molar-refractivity contribution in [2.45, 2.75) is 28.2 Å². The highest BCUT2D eigenvalue weighted by atomic mass is 32.2. The van der Waals surface area contributed by atoms with E-state index in [0.717, 1.165) is 27.5 Å². The molecule has 1 aliphatic rings. The van der Waals surface area contributed by atoms with Crippen molar-refractivity contribution < 1.29 is 17.9 Å². The van der Waals surface area contributed by atoms with Crippen molar-refractivity contribution >= 4 is 27.5 Å². The van der Waals surface area contributed by atoms with E-state index in [1.807, 2.05) is 24.3 Å². The number of thioether (sulfide) groups is 1. The van der Waals surface area contributed by atoms with Gasteiger partial charge in [0.05, 0.1) is 22.7 Å². The molecule has 0 fully saturated rings. The van der Waals surface area contributed by atoms with Crippen LogP contribution in [0.3, 0.4) is 0 Å². The first-order chi connectivity index (χ1) is 14.9. The number of pyridine rings is 1. The highest BCUT2D eigenvalue weighted by Crippen LogP contribution is 2.36. The Morgan fingerprint density at radius 3 is 2.58 bits per heavy atom.